The number of carbonyl (C=O) groups is 2. The molecule has 0 unspecified atom stereocenters. The summed E-state index contributed by atoms with van der Waals surface area (Å²) in [6.45, 7) is 4.48. The zero-order valence-electron chi connectivity index (χ0n) is 9.49. The number of ether oxygens (including phenoxy) is 2. The molecule has 2 saturated heterocycles. The van der Waals surface area contributed by atoms with Crippen LogP contribution < -0.4 is 5.32 Å². The van der Waals surface area contributed by atoms with Crippen LogP contribution in [0.2, 0.25) is 0 Å². The zero-order chi connectivity index (χ0) is 11.9. The van der Waals surface area contributed by atoms with E-state index in [1.54, 1.807) is 11.9 Å². The molecule has 0 atom stereocenters. The van der Waals surface area contributed by atoms with Crippen LogP contribution in [0.15, 0.2) is 11.4 Å². The van der Waals surface area contributed by atoms with E-state index in [9.17, 15) is 9.59 Å². The Bertz CT molecular complexity index is 364. The Kier molecular flexibility index (Phi) is 2.29. The topological polar surface area (TPSA) is 67.9 Å². The number of likely N-dealkylation sites (N-methyl/N-ethyl adjacent to an activating group) is 1. The van der Waals surface area contributed by atoms with Gasteiger partial charge in [0.2, 0.25) is 0 Å². The van der Waals surface area contributed by atoms with Crippen LogP contribution in [-0.4, -0.2) is 42.8 Å². The average molecular weight is 226 g/mol. The molecule has 1 N–H and O–H groups in total. The molecule has 88 valence electrons. The number of rotatable bonds is 0. The third kappa shape index (κ3) is 1.70. The summed E-state index contributed by atoms with van der Waals surface area (Å²) >= 11 is 0. The molecule has 6 heteroatoms. The maximum absolute atomic E-state index is 11.7. The minimum absolute atomic E-state index is 0.0562. The van der Waals surface area contributed by atoms with Crippen molar-refractivity contribution in [1.29, 1.82) is 0 Å². The van der Waals surface area contributed by atoms with Crippen molar-refractivity contribution in [2.75, 3.05) is 20.1 Å². The molecule has 2 rings (SSSR count). The van der Waals surface area contributed by atoms with E-state index in [0.29, 0.717) is 12.4 Å². The van der Waals surface area contributed by atoms with Crippen molar-refractivity contribution in [2.45, 2.75) is 19.6 Å². The molecule has 2 heterocycles. The second-order valence-electron chi connectivity index (χ2n) is 4.25. The van der Waals surface area contributed by atoms with Crippen molar-refractivity contribution in [1.82, 2.24) is 10.2 Å². The lowest BCUT2D eigenvalue weighted by molar-refractivity contribution is -0.222. The number of cyclic esters (lactones) is 2. The molecule has 0 aliphatic carbocycles. The monoisotopic (exact) mass is 226 g/mol. The van der Waals surface area contributed by atoms with Crippen molar-refractivity contribution in [2.24, 2.45) is 0 Å². The fourth-order valence-corrected chi connectivity index (χ4v) is 1.71. The first-order chi connectivity index (χ1) is 7.41. The fourth-order valence-electron chi connectivity index (χ4n) is 1.71. The number of nitrogens with one attached hydrogen (secondary N) is 1. The van der Waals surface area contributed by atoms with E-state index in [4.69, 9.17) is 9.47 Å². The minimum atomic E-state index is -1.19. The van der Waals surface area contributed by atoms with Gasteiger partial charge in [0.15, 0.2) is 5.57 Å². The van der Waals surface area contributed by atoms with E-state index in [-0.39, 0.29) is 5.57 Å². The van der Waals surface area contributed by atoms with E-state index in [1.165, 1.54) is 13.8 Å². The Hall–Kier alpha value is -1.72. The highest BCUT2D eigenvalue weighted by Crippen LogP contribution is 2.25. The molecule has 0 amide bonds. The van der Waals surface area contributed by atoms with Crippen LogP contribution in [0.3, 0.4) is 0 Å². The summed E-state index contributed by atoms with van der Waals surface area (Å²) in [6, 6.07) is 0. The van der Waals surface area contributed by atoms with Crippen molar-refractivity contribution >= 4 is 11.9 Å². The quantitative estimate of drug-likeness (QED) is 0.343. The largest absolute Gasteiger partial charge is 0.419 e. The lowest BCUT2D eigenvalue weighted by Crippen LogP contribution is -2.43. The van der Waals surface area contributed by atoms with Gasteiger partial charge in [-0.25, -0.2) is 9.59 Å². The van der Waals surface area contributed by atoms with E-state index >= 15 is 0 Å². The SMILES string of the molecule is CN1CCNC1=C1C(=O)OC(C)(C)OC1=O. The Morgan fingerprint density at radius 1 is 1.25 bits per heavy atom. The molecule has 2 aliphatic heterocycles. The molecule has 0 aromatic rings. The number of esters is 2. The third-order valence-corrected chi connectivity index (χ3v) is 2.44. The summed E-state index contributed by atoms with van der Waals surface area (Å²) < 4.78 is 10.0. The van der Waals surface area contributed by atoms with Gasteiger partial charge in [-0.15, -0.1) is 0 Å². The van der Waals surface area contributed by atoms with Crippen molar-refractivity contribution < 1.29 is 19.1 Å². The standard InChI is InChI=1S/C10H14N2O4/c1-10(2)15-8(13)6(9(14)16-10)7-11-4-5-12(7)3/h11H,4-5H2,1-3H3. The molecule has 0 radical (unpaired) electrons. The maximum atomic E-state index is 11.7. The molecule has 0 aromatic heterocycles. The van der Waals surface area contributed by atoms with Crippen LogP contribution in [0.4, 0.5) is 0 Å². The highest BCUT2D eigenvalue weighted by Gasteiger charge is 2.42. The Morgan fingerprint density at radius 3 is 2.25 bits per heavy atom. The number of hydrogen-bond acceptors (Lipinski definition) is 6. The lowest BCUT2D eigenvalue weighted by Gasteiger charge is -2.31. The van der Waals surface area contributed by atoms with Crippen LogP contribution in [-0.2, 0) is 19.1 Å². The van der Waals surface area contributed by atoms with Gasteiger partial charge in [0.05, 0.1) is 0 Å². The molecule has 6 nitrogen and oxygen atoms in total. The molecular formula is C10H14N2O4. The van der Waals surface area contributed by atoms with Crippen molar-refractivity contribution in [3.63, 3.8) is 0 Å². The average Bonchev–Trinajstić information content (AvgIpc) is 2.48. The zero-order valence-corrected chi connectivity index (χ0v) is 9.49. The van der Waals surface area contributed by atoms with E-state index in [2.05, 4.69) is 5.32 Å². The van der Waals surface area contributed by atoms with E-state index in [1.807, 2.05) is 0 Å². The first-order valence-corrected chi connectivity index (χ1v) is 5.07. The number of hydrogen-bond donors (Lipinski definition) is 1. The molecule has 16 heavy (non-hydrogen) atoms. The first kappa shape index (κ1) is 10.8. The smallest absolute Gasteiger partial charge is 0.352 e. The fraction of sp³-hybridized carbons (Fsp3) is 0.600. The molecule has 0 spiro atoms. The van der Waals surface area contributed by atoms with Crippen LogP contribution >= 0.6 is 0 Å². The molecular weight excluding hydrogens is 212 g/mol. The van der Waals surface area contributed by atoms with Crippen molar-refractivity contribution in [3.05, 3.63) is 11.4 Å². The summed E-state index contributed by atoms with van der Waals surface area (Å²) in [4.78, 5) is 25.2. The maximum Gasteiger partial charge on any atom is 0.352 e. The molecule has 0 aromatic carbocycles. The molecule has 2 fully saturated rings. The van der Waals surface area contributed by atoms with Gasteiger partial charge in [0.25, 0.3) is 5.79 Å². The molecule has 2 aliphatic rings. The molecule has 0 bridgehead atoms. The Balaban J connectivity index is 2.36. The highest BCUT2D eigenvalue weighted by atomic mass is 16.7. The Morgan fingerprint density at radius 2 is 1.81 bits per heavy atom. The van der Waals surface area contributed by atoms with Gasteiger partial charge >= 0.3 is 11.9 Å². The summed E-state index contributed by atoms with van der Waals surface area (Å²) in [5.74, 6) is -1.99. The van der Waals surface area contributed by atoms with Gasteiger partial charge in [0, 0.05) is 34.0 Å². The van der Waals surface area contributed by atoms with E-state index < -0.39 is 17.7 Å². The van der Waals surface area contributed by atoms with Gasteiger partial charge in [-0.3, -0.25) is 0 Å². The Labute approximate surface area is 93.2 Å². The van der Waals surface area contributed by atoms with Gasteiger partial charge in [-0.1, -0.05) is 0 Å². The highest BCUT2D eigenvalue weighted by molar-refractivity contribution is 6.15. The van der Waals surface area contributed by atoms with Crippen molar-refractivity contribution in [3.8, 4) is 0 Å². The van der Waals surface area contributed by atoms with Crippen LogP contribution in [0.1, 0.15) is 13.8 Å². The number of nitrogens with zero attached hydrogens (tertiary/aromatic N) is 1. The normalized spacial score (nSPS) is 24.1. The summed E-state index contributed by atoms with van der Waals surface area (Å²) in [5.41, 5.74) is -0.0562. The number of carbonyl (C=O) groups excluding carboxylic acids is 2. The minimum Gasteiger partial charge on any atom is -0.419 e. The van der Waals surface area contributed by atoms with Crippen LogP contribution in [0.5, 0.6) is 0 Å². The van der Waals surface area contributed by atoms with Crippen LogP contribution in [0.25, 0.3) is 0 Å². The predicted octanol–water partition coefficient (Wildman–Crippen LogP) is -0.431. The van der Waals surface area contributed by atoms with Gasteiger partial charge in [-0.2, -0.15) is 0 Å². The van der Waals surface area contributed by atoms with Gasteiger partial charge in [0.1, 0.15) is 5.82 Å². The summed E-state index contributed by atoms with van der Waals surface area (Å²) in [6.07, 6.45) is 0. The second kappa shape index (κ2) is 3.40. The second-order valence-corrected chi connectivity index (χ2v) is 4.25. The predicted molar refractivity (Wildman–Crippen MR) is 53.9 cm³/mol. The molecule has 0 saturated carbocycles. The van der Waals surface area contributed by atoms with E-state index in [0.717, 1.165) is 6.54 Å². The lowest BCUT2D eigenvalue weighted by atomic mass is 10.2. The van der Waals surface area contributed by atoms with Gasteiger partial charge < -0.3 is 19.7 Å². The van der Waals surface area contributed by atoms with Gasteiger partial charge in [-0.05, 0) is 0 Å². The van der Waals surface area contributed by atoms with Crippen LogP contribution in [0, 0.1) is 0 Å². The third-order valence-electron chi connectivity index (χ3n) is 2.44. The first-order valence-electron chi connectivity index (χ1n) is 5.07. The summed E-state index contributed by atoms with van der Waals surface area (Å²) in [5, 5.41) is 2.97. The summed E-state index contributed by atoms with van der Waals surface area (Å²) in [7, 11) is 1.79.